The van der Waals surface area contributed by atoms with Crippen molar-refractivity contribution < 1.29 is 19.5 Å². The number of aliphatic carboxylic acids is 1. The highest BCUT2D eigenvalue weighted by Crippen LogP contribution is 2.22. The zero-order chi connectivity index (χ0) is 18.7. The molecule has 1 fully saturated rings. The predicted molar refractivity (Wildman–Crippen MR) is 92.8 cm³/mol. The molecule has 1 atom stereocenters. The molecule has 9 heteroatoms. The van der Waals surface area contributed by atoms with E-state index in [1.165, 1.54) is 6.20 Å². The molecule has 0 radical (unpaired) electrons. The van der Waals surface area contributed by atoms with Crippen LogP contribution < -0.4 is 16.2 Å². The third-order valence-electron chi connectivity index (χ3n) is 4.23. The van der Waals surface area contributed by atoms with E-state index < -0.39 is 23.5 Å². The summed E-state index contributed by atoms with van der Waals surface area (Å²) in [5.74, 6) is -1.78. The van der Waals surface area contributed by atoms with Gasteiger partial charge in [-0.1, -0.05) is 12.1 Å². The van der Waals surface area contributed by atoms with Crippen LogP contribution >= 0.6 is 0 Å². The molecule has 9 nitrogen and oxygen atoms in total. The first-order valence-electron chi connectivity index (χ1n) is 8.27. The molecule has 26 heavy (non-hydrogen) atoms. The lowest BCUT2D eigenvalue weighted by Gasteiger charge is -2.22. The fourth-order valence-electron chi connectivity index (χ4n) is 2.96. The molecule has 3 N–H and O–H groups in total. The van der Waals surface area contributed by atoms with Crippen LogP contribution in [0.5, 0.6) is 0 Å². The molecular weight excluding hydrogens is 340 g/mol. The van der Waals surface area contributed by atoms with Crippen molar-refractivity contribution in [1.82, 2.24) is 15.1 Å². The Morgan fingerprint density at radius 2 is 2.15 bits per heavy atom. The molecule has 2 heterocycles. The first-order chi connectivity index (χ1) is 12.5. The standard InChI is InChI=1S/C17H18N4O5/c22-13-7-6-12(16(25)20-13)21-17(26)15-10(9-19-21)3-1-4-11(15)18-8-2-5-14(23)24/h1,3-4,9,12,18H,2,5-8H2,(H,23,24)(H,20,22,25). The Morgan fingerprint density at radius 3 is 2.88 bits per heavy atom. The molecule has 1 aromatic carbocycles. The van der Waals surface area contributed by atoms with Crippen molar-refractivity contribution in [2.75, 3.05) is 11.9 Å². The van der Waals surface area contributed by atoms with Gasteiger partial charge in [-0.15, -0.1) is 0 Å². The van der Waals surface area contributed by atoms with E-state index in [-0.39, 0.29) is 25.2 Å². The lowest BCUT2D eigenvalue weighted by atomic mass is 10.1. The summed E-state index contributed by atoms with van der Waals surface area (Å²) >= 11 is 0. The predicted octanol–water partition coefficient (Wildman–Crippen LogP) is 0.651. The lowest BCUT2D eigenvalue weighted by molar-refractivity contribution is -0.137. The van der Waals surface area contributed by atoms with Crippen LogP contribution in [0.1, 0.15) is 31.7 Å². The number of nitrogens with one attached hydrogen (secondary N) is 2. The van der Waals surface area contributed by atoms with Crippen LogP contribution in [0.15, 0.2) is 29.2 Å². The molecule has 3 rings (SSSR count). The Balaban J connectivity index is 1.93. The number of carboxylic acid groups (broad SMARTS) is 1. The number of imide groups is 1. The van der Waals surface area contributed by atoms with E-state index in [1.54, 1.807) is 18.2 Å². The Morgan fingerprint density at radius 1 is 1.35 bits per heavy atom. The van der Waals surface area contributed by atoms with E-state index in [9.17, 15) is 19.2 Å². The van der Waals surface area contributed by atoms with E-state index >= 15 is 0 Å². The number of rotatable bonds is 6. The van der Waals surface area contributed by atoms with Crippen LogP contribution in [0, 0.1) is 0 Å². The number of carbonyl (C=O) groups is 3. The SMILES string of the molecule is O=C(O)CCCNc1cccc2cnn(C3CCC(=O)NC3=O)c(=O)c12. The molecule has 1 aliphatic heterocycles. The van der Waals surface area contributed by atoms with Crippen molar-refractivity contribution in [3.05, 3.63) is 34.7 Å². The number of hydrogen-bond acceptors (Lipinski definition) is 6. The van der Waals surface area contributed by atoms with E-state index in [4.69, 9.17) is 5.11 Å². The molecule has 1 saturated heterocycles. The van der Waals surface area contributed by atoms with Gasteiger partial charge in [0.05, 0.1) is 11.6 Å². The molecule has 1 unspecified atom stereocenters. The molecular formula is C17H18N4O5. The Labute approximate surface area is 148 Å². The van der Waals surface area contributed by atoms with E-state index in [2.05, 4.69) is 15.7 Å². The van der Waals surface area contributed by atoms with Gasteiger partial charge in [0.25, 0.3) is 11.5 Å². The van der Waals surface area contributed by atoms with Crippen molar-refractivity contribution in [2.45, 2.75) is 31.7 Å². The van der Waals surface area contributed by atoms with Gasteiger partial charge < -0.3 is 10.4 Å². The minimum absolute atomic E-state index is 0.0276. The summed E-state index contributed by atoms with van der Waals surface area (Å²) in [6, 6.07) is 4.39. The topological polar surface area (TPSA) is 130 Å². The van der Waals surface area contributed by atoms with Gasteiger partial charge in [0.2, 0.25) is 5.91 Å². The minimum Gasteiger partial charge on any atom is -0.481 e. The fraction of sp³-hybridized carbons (Fsp3) is 0.353. The van der Waals surface area contributed by atoms with Crippen LogP contribution in [0.25, 0.3) is 10.8 Å². The monoisotopic (exact) mass is 358 g/mol. The van der Waals surface area contributed by atoms with Gasteiger partial charge in [0.15, 0.2) is 0 Å². The molecule has 2 amide bonds. The highest BCUT2D eigenvalue weighted by molar-refractivity contribution is 5.99. The van der Waals surface area contributed by atoms with E-state index in [1.807, 2.05) is 0 Å². The quantitative estimate of drug-likeness (QED) is 0.510. The molecule has 1 aromatic heterocycles. The summed E-state index contributed by atoms with van der Waals surface area (Å²) in [5.41, 5.74) is 0.125. The number of nitrogens with zero attached hydrogens (tertiary/aromatic N) is 2. The van der Waals surface area contributed by atoms with Gasteiger partial charge >= 0.3 is 5.97 Å². The Hall–Kier alpha value is -3.23. The highest BCUT2D eigenvalue weighted by atomic mass is 16.4. The normalized spacial score (nSPS) is 17.2. The van der Waals surface area contributed by atoms with Crippen molar-refractivity contribution >= 4 is 34.2 Å². The van der Waals surface area contributed by atoms with Gasteiger partial charge in [0.1, 0.15) is 6.04 Å². The smallest absolute Gasteiger partial charge is 0.303 e. The third-order valence-corrected chi connectivity index (χ3v) is 4.23. The number of fused-ring (bicyclic) bond motifs is 1. The van der Waals surface area contributed by atoms with Gasteiger partial charge in [-0.25, -0.2) is 4.68 Å². The first-order valence-corrected chi connectivity index (χ1v) is 8.27. The van der Waals surface area contributed by atoms with Gasteiger partial charge in [-0.3, -0.25) is 24.5 Å². The summed E-state index contributed by atoms with van der Waals surface area (Å²) in [4.78, 5) is 46.9. The minimum atomic E-state index is -0.880. The number of carboxylic acids is 1. The molecule has 0 saturated carbocycles. The fourth-order valence-corrected chi connectivity index (χ4v) is 2.96. The van der Waals surface area contributed by atoms with Crippen molar-refractivity contribution in [3.8, 4) is 0 Å². The second kappa shape index (κ2) is 7.34. The third kappa shape index (κ3) is 3.56. The Kier molecular flexibility index (Phi) is 4.97. The van der Waals surface area contributed by atoms with E-state index in [0.29, 0.717) is 29.4 Å². The van der Waals surface area contributed by atoms with Crippen molar-refractivity contribution in [3.63, 3.8) is 0 Å². The summed E-state index contributed by atoms with van der Waals surface area (Å²) in [7, 11) is 0. The number of amides is 2. The van der Waals surface area contributed by atoms with Gasteiger partial charge in [-0.2, -0.15) is 5.10 Å². The maximum atomic E-state index is 12.9. The van der Waals surface area contributed by atoms with E-state index in [0.717, 1.165) is 4.68 Å². The molecule has 0 aliphatic carbocycles. The first kappa shape index (κ1) is 17.6. The second-order valence-electron chi connectivity index (χ2n) is 6.06. The van der Waals surface area contributed by atoms with Crippen LogP contribution in [-0.4, -0.2) is 39.2 Å². The Bertz CT molecular complexity index is 936. The average Bonchev–Trinajstić information content (AvgIpc) is 2.59. The lowest BCUT2D eigenvalue weighted by Crippen LogP contribution is -2.45. The second-order valence-corrected chi connectivity index (χ2v) is 6.06. The maximum Gasteiger partial charge on any atom is 0.303 e. The summed E-state index contributed by atoms with van der Waals surface area (Å²) in [5, 5.41) is 19.1. The molecule has 2 aromatic rings. The number of piperidine rings is 1. The molecule has 0 spiro atoms. The summed E-state index contributed by atoms with van der Waals surface area (Å²) in [6.07, 6.45) is 2.32. The zero-order valence-corrected chi connectivity index (χ0v) is 13.9. The van der Waals surface area contributed by atoms with Crippen LogP contribution in [0.2, 0.25) is 0 Å². The number of aromatic nitrogens is 2. The number of benzene rings is 1. The maximum absolute atomic E-state index is 12.9. The average molecular weight is 358 g/mol. The number of anilines is 1. The summed E-state index contributed by atoms with van der Waals surface area (Å²) < 4.78 is 1.10. The number of carbonyl (C=O) groups excluding carboxylic acids is 2. The van der Waals surface area contributed by atoms with Crippen LogP contribution in [0.3, 0.4) is 0 Å². The molecule has 0 bridgehead atoms. The molecule has 1 aliphatic rings. The van der Waals surface area contributed by atoms with Crippen molar-refractivity contribution in [1.29, 1.82) is 0 Å². The van der Waals surface area contributed by atoms with Gasteiger partial charge in [-0.05, 0) is 18.9 Å². The van der Waals surface area contributed by atoms with Crippen LogP contribution in [0.4, 0.5) is 5.69 Å². The highest BCUT2D eigenvalue weighted by Gasteiger charge is 2.30. The van der Waals surface area contributed by atoms with Crippen molar-refractivity contribution in [2.24, 2.45) is 0 Å². The molecule has 136 valence electrons. The van der Waals surface area contributed by atoms with Crippen LogP contribution in [-0.2, 0) is 14.4 Å². The zero-order valence-electron chi connectivity index (χ0n) is 13.9. The summed E-state index contributed by atoms with van der Waals surface area (Å²) in [6.45, 7) is 0.394. The van der Waals surface area contributed by atoms with Gasteiger partial charge in [0, 0.05) is 30.5 Å². The largest absolute Gasteiger partial charge is 0.481 e. The number of hydrogen-bond donors (Lipinski definition) is 3.